The van der Waals surface area contributed by atoms with Crippen LogP contribution in [0.3, 0.4) is 0 Å². The molecule has 1 aliphatic rings. The fourth-order valence-corrected chi connectivity index (χ4v) is 5.24. The molecule has 0 N–H and O–H groups in total. The van der Waals surface area contributed by atoms with E-state index in [1.807, 2.05) is 0 Å². The van der Waals surface area contributed by atoms with Crippen LogP contribution in [-0.4, -0.2) is 79.6 Å². The van der Waals surface area contributed by atoms with Crippen molar-refractivity contribution in [2.75, 3.05) is 6.54 Å². The van der Waals surface area contributed by atoms with E-state index in [1.54, 1.807) is 6.92 Å². The molecule has 3 aromatic rings. The summed E-state index contributed by atoms with van der Waals surface area (Å²) in [7, 11) is -7.14. The SMILES string of the molecule is CCN(C(=O)c1cc(-c2cnn(-c3c(C(F)(F)F)c(OS(=O)(=O)C(F)(F)C(F)(F)C(F)(F)C(F)(F)F)nn3C)c2)cnc1Cl)C1CC1. The molecule has 3 aromatic heterocycles. The Bertz CT molecular complexity index is 1800. The Morgan fingerprint density at radius 2 is 1.60 bits per heavy atom. The number of hydrogen-bond acceptors (Lipinski definition) is 7. The molecule has 1 fully saturated rings. The van der Waals surface area contributed by atoms with Crippen molar-refractivity contribution in [1.82, 2.24) is 29.4 Å². The molecule has 3 heterocycles. The van der Waals surface area contributed by atoms with E-state index in [4.69, 9.17) is 11.6 Å². The van der Waals surface area contributed by atoms with Gasteiger partial charge >= 0.3 is 39.6 Å². The number of amides is 1. The Balaban J connectivity index is 1.76. The van der Waals surface area contributed by atoms with Crippen LogP contribution < -0.4 is 4.18 Å². The zero-order valence-corrected chi connectivity index (χ0v) is 24.7. The van der Waals surface area contributed by atoms with Crippen LogP contribution in [0.25, 0.3) is 16.9 Å². The fourth-order valence-electron chi connectivity index (χ4n) is 4.19. The highest BCUT2D eigenvalue weighted by molar-refractivity contribution is 7.88. The number of hydrogen-bond donors (Lipinski definition) is 0. The lowest BCUT2D eigenvalue weighted by molar-refractivity contribution is -0.382. The number of aromatic nitrogens is 5. The first-order valence-electron chi connectivity index (χ1n) is 12.6. The molecule has 0 bridgehead atoms. The summed E-state index contributed by atoms with van der Waals surface area (Å²) in [6, 6.07) is 1.20. The van der Waals surface area contributed by atoms with E-state index in [1.165, 1.54) is 11.0 Å². The molecule has 0 aromatic carbocycles. The van der Waals surface area contributed by atoms with Gasteiger partial charge in [-0.25, -0.2) is 14.3 Å². The van der Waals surface area contributed by atoms with Crippen LogP contribution in [0.4, 0.5) is 52.7 Å². The molecule has 10 nitrogen and oxygen atoms in total. The largest absolute Gasteiger partial charge is 0.460 e. The highest BCUT2D eigenvalue weighted by Gasteiger charge is 2.86. The molecular formula is C23H17ClF12N6O4S. The Labute approximate surface area is 260 Å². The molecule has 0 radical (unpaired) electrons. The first kappa shape index (κ1) is 36.1. The smallest absolute Gasteiger partial charge is 0.355 e. The van der Waals surface area contributed by atoms with Crippen molar-refractivity contribution in [3.05, 3.63) is 40.9 Å². The molecule has 0 spiro atoms. The topological polar surface area (TPSA) is 112 Å². The molecule has 4 rings (SSSR count). The van der Waals surface area contributed by atoms with Gasteiger partial charge in [-0.15, -0.1) is 5.10 Å². The molecule has 47 heavy (non-hydrogen) atoms. The van der Waals surface area contributed by atoms with Crippen LogP contribution in [-0.2, 0) is 23.3 Å². The van der Waals surface area contributed by atoms with Crippen molar-refractivity contribution in [3.63, 3.8) is 0 Å². The minimum Gasteiger partial charge on any atom is -0.355 e. The number of pyridine rings is 1. The second kappa shape index (κ2) is 11.4. The van der Waals surface area contributed by atoms with Crippen LogP contribution in [0.15, 0.2) is 24.7 Å². The monoisotopic (exact) mass is 736 g/mol. The van der Waals surface area contributed by atoms with Crippen LogP contribution in [0.1, 0.15) is 35.7 Å². The van der Waals surface area contributed by atoms with Gasteiger partial charge in [-0.3, -0.25) is 4.79 Å². The first-order valence-corrected chi connectivity index (χ1v) is 14.4. The molecule has 0 saturated heterocycles. The van der Waals surface area contributed by atoms with Gasteiger partial charge in [0.15, 0.2) is 11.4 Å². The number of halogens is 13. The molecule has 0 unspecified atom stereocenters. The van der Waals surface area contributed by atoms with E-state index >= 15 is 0 Å². The van der Waals surface area contributed by atoms with Crippen LogP contribution in [0.5, 0.6) is 5.88 Å². The van der Waals surface area contributed by atoms with E-state index in [0.717, 1.165) is 31.4 Å². The highest BCUT2D eigenvalue weighted by atomic mass is 35.5. The Morgan fingerprint density at radius 1 is 1.00 bits per heavy atom. The molecule has 0 atom stereocenters. The average molecular weight is 737 g/mol. The van der Waals surface area contributed by atoms with Crippen molar-refractivity contribution in [2.45, 2.75) is 55.3 Å². The average Bonchev–Trinajstić information content (AvgIpc) is 3.54. The predicted molar refractivity (Wildman–Crippen MR) is 134 cm³/mol. The number of rotatable bonds is 10. The van der Waals surface area contributed by atoms with Gasteiger partial charge in [-0.2, -0.15) is 66.2 Å². The van der Waals surface area contributed by atoms with Crippen molar-refractivity contribution < 1.29 is 70.1 Å². The third-order valence-electron chi connectivity index (χ3n) is 6.68. The molecule has 260 valence electrons. The van der Waals surface area contributed by atoms with E-state index in [9.17, 15) is 65.9 Å². The van der Waals surface area contributed by atoms with E-state index in [0.29, 0.717) is 18.3 Å². The van der Waals surface area contributed by atoms with Crippen LogP contribution in [0.2, 0.25) is 5.15 Å². The molecule has 1 aliphatic carbocycles. The van der Waals surface area contributed by atoms with E-state index in [2.05, 4.69) is 19.4 Å². The van der Waals surface area contributed by atoms with E-state index in [-0.39, 0.29) is 32.6 Å². The summed E-state index contributed by atoms with van der Waals surface area (Å²) in [5, 5.41) is -1.13. The number of alkyl halides is 12. The summed E-state index contributed by atoms with van der Waals surface area (Å²) in [6.07, 6.45) is -8.95. The zero-order chi connectivity index (χ0) is 35.7. The van der Waals surface area contributed by atoms with Gasteiger partial charge in [-0.05, 0) is 25.8 Å². The van der Waals surface area contributed by atoms with Gasteiger partial charge in [0.2, 0.25) is 0 Å². The third-order valence-corrected chi connectivity index (χ3v) is 8.24. The minimum atomic E-state index is -7.77. The normalized spacial score (nSPS) is 15.2. The number of nitrogens with zero attached hydrogens (tertiary/aromatic N) is 6. The van der Waals surface area contributed by atoms with Gasteiger partial charge < -0.3 is 9.08 Å². The van der Waals surface area contributed by atoms with Crippen LogP contribution >= 0.6 is 11.6 Å². The summed E-state index contributed by atoms with van der Waals surface area (Å²) in [5.74, 6) is -19.7. The summed E-state index contributed by atoms with van der Waals surface area (Å²) in [6.45, 7) is 2.03. The molecular weight excluding hydrogens is 720 g/mol. The molecule has 1 saturated carbocycles. The first-order chi connectivity index (χ1) is 21.3. The lowest BCUT2D eigenvalue weighted by atomic mass is 10.1. The zero-order valence-electron chi connectivity index (χ0n) is 23.1. The molecule has 24 heteroatoms. The number of carbonyl (C=O) groups excluding carboxylic acids is 1. The Morgan fingerprint density at radius 3 is 2.11 bits per heavy atom. The van der Waals surface area contributed by atoms with Crippen molar-refractivity contribution in [2.24, 2.45) is 7.05 Å². The molecule has 1 amide bonds. The maximum Gasteiger partial charge on any atom is 0.460 e. The van der Waals surface area contributed by atoms with Gasteiger partial charge in [0.1, 0.15) is 5.15 Å². The van der Waals surface area contributed by atoms with Crippen LogP contribution in [0, 0.1) is 0 Å². The lowest BCUT2D eigenvalue weighted by Crippen LogP contribution is -2.63. The second-order valence-electron chi connectivity index (χ2n) is 9.88. The second-order valence-corrected chi connectivity index (χ2v) is 11.8. The number of carbonyl (C=O) groups is 1. The summed E-state index contributed by atoms with van der Waals surface area (Å²) in [5.41, 5.74) is -2.49. The van der Waals surface area contributed by atoms with E-state index < -0.39 is 62.7 Å². The Hall–Kier alpha value is -3.76. The lowest BCUT2D eigenvalue weighted by Gasteiger charge is -2.32. The van der Waals surface area contributed by atoms with Crippen molar-refractivity contribution in [3.8, 4) is 22.8 Å². The Kier molecular flexibility index (Phi) is 8.78. The quantitative estimate of drug-likeness (QED) is 0.141. The van der Waals surface area contributed by atoms with Gasteiger partial charge in [0.05, 0.1) is 11.8 Å². The number of aryl methyl sites for hydroxylation is 1. The minimum absolute atomic E-state index is 0.0341. The van der Waals surface area contributed by atoms with Gasteiger partial charge in [0.25, 0.3) is 11.8 Å². The predicted octanol–water partition coefficient (Wildman–Crippen LogP) is 6.10. The van der Waals surface area contributed by atoms with Gasteiger partial charge in [0, 0.05) is 43.2 Å². The van der Waals surface area contributed by atoms with Crippen molar-refractivity contribution in [1.29, 1.82) is 0 Å². The maximum atomic E-state index is 14.2. The highest BCUT2D eigenvalue weighted by Crippen LogP contribution is 2.55. The standard InChI is InChI=1S/C23H17ClF12N6O4S/c1-3-41(12-4-5-12)18(43)13-6-10(7-37-15(13)24)11-8-38-42(9-11)17-14(19(25,26)27)16(39-40(17)2)46-47(44,45)23(35,36)21(30,31)20(28,29)22(32,33)34/h6-9,12H,3-5H2,1-2H3. The fraction of sp³-hybridized carbons (Fsp3) is 0.478. The summed E-state index contributed by atoms with van der Waals surface area (Å²) < 4.78 is 190. The third kappa shape index (κ3) is 6.06. The van der Waals surface area contributed by atoms with Crippen molar-refractivity contribution >= 4 is 27.6 Å². The maximum absolute atomic E-state index is 14.2. The molecule has 0 aliphatic heterocycles. The van der Waals surface area contributed by atoms with Gasteiger partial charge in [-0.1, -0.05) is 11.6 Å². The summed E-state index contributed by atoms with van der Waals surface area (Å²) in [4.78, 5) is 18.4. The summed E-state index contributed by atoms with van der Waals surface area (Å²) >= 11 is 6.08.